The summed E-state index contributed by atoms with van der Waals surface area (Å²) in [6, 6.07) is 21.4. The number of hydrogen-bond acceptors (Lipinski definition) is 3. The Kier molecular flexibility index (Phi) is 4.75. The van der Waals surface area contributed by atoms with Crippen LogP contribution in [0.5, 0.6) is 5.75 Å². The number of hydrogen-bond donors (Lipinski definition) is 1. The van der Waals surface area contributed by atoms with Crippen molar-refractivity contribution in [1.29, 1.82) is 0 Å². The number of nitrogens with zero attached hydrogens (tertiary/aromatic N) is 1. The zero-order valence-corrected chi connectivity index (χ0v) is 14.2. The first kappa shape index (κ1) is 15.9. The normalized spacial score (nSPS) is 14.4. The fraction of sp³-hybridized carbons (Fsp3) is 0.227. The maximum atomic E-state index is 5.76. The number of benzene rings is 2. The Labute approximate surface area is 148 Å². The van der Waals surface area contributed by atoms with Gasteiger partial charge in [-0.3, -0.25) is 4.98 Å². The summed E-state index contributed by atoms with van der Waals surface area (Å²) in [6.45, 7) is 1.61. The van der Waals surface area contributed by atoms with Gasteiger partial charge in [0.1, 0.15) is 5.75 Å². The third kappa shape index (κ3) is 3.72. The largest absolute Gasteiger partial charge is 0.493 e. The summed E-state index contributed by atoms with van der Waals surface area (Å²) in [5, 5.41) is 3.69. The minimum atomic E-state index is 0.147. The van der Waals surface area contributed by atoms with Gasteiger partial charge < -0.3 is 10.1 Å². The van der Waals surface area contributed by atoms with Crippen LogP contribution in [0.3, 0.4) is 0 Å². The average Bonchev–Trinajstić information content (AvgIpc) is 2.70. The molecule has 3 aromatic rings. The molecule has 0 amide bonds. The van der Waals surface area contributed by atoms with Gasteiger partial charge in [-0.1, -0.05) is 48.5 Å². The van der Waals surface area contributed by atoms with Crippen molar-refractivity contribution in [3.8, 4) is 5.75 Å². The molecule has 4 rings (SSSR count). The first-order valence-corrected chi connectivity index (χ1v) is 8.83. The van der Waals surface area contributed by atoms with Gasteiger partial charge in [-0.25, -0.2) is 0 Å². The maximum absolute atomic E-state index is 5.76. The van der Waals surface area contributed by atoms with Crippen LogP contribution in [0.4, 0.5) is 0 Å². The Balaban J connectivity index is 1.63. The highest BCUT2D eigenvalue weighted by Gasteiger charge is 2.17. The van der Waals surface area contributed by atoms with Crippen molar-refractivity contribution in [2.75, 3.05) is 6.61 Å². The van der Waals surface area contributed by atoms with E-state index < -0.39 is 0 Å². The Bertz CT molecular complexity index is 818. The second-order valence-electron chi connectivity index (χ2n) is 6.41. The van der Waals surface area contributed by atoms with Crippen molar-refractivity contribution in [2.24, 2.45) is 0 Å². The number of rotatable bonds is 5. The third-order valence-electron chi connectivity index (χ3n) is 4.63. The molecule has 0 unspecified atom stereocenters. The topological polar surface area (TPSA) is 34.2 Å². The van der Waals surface area contributed by atoms with Crippen LogP contribution in [0.1, 0.15) is 34.7 Å². The van der Waals surface area contributed by atoms with Crippen LogP contribution in [-0.2, 0) is 13.0 Å². The predicted octanol–water partition coefficient (Wildman–Crippen LogP) is 4.29. The van der Waals surface area contributed by atoms with Crippen molar-refractivity contribution in [3.63, 3.8) is 0 Å². The highest BCUT2D eigenvalue weighted by atomic mass is 16.5. The van der Waals surface area contributed by atoms with Crippen molar-refractivity contribution >= 4 is 0 Å². The molecule has 126 valence electrons. The van der Waals surface area contributed by atoms with E-state index in [9.17, 15) is 0 Å². The number of nitrogens with one attached hydrogen (secondary N) is 1. The number of aromatic nitrogens is 1. The molecular weight excluding hydrogens is 308 g/mol. The molecule has 2 heterocycles. The van der Waals surface area contributed by atoms with Gasteiger partial charge in [0.25, 0.3) is 0 Å². The lowest BCUT2D eigenvalue weighted by Crippen LogP contribution is -2.22. The quantitative estimate of drug-likeness (QED) is 0.758. The van der Waals surface area contributed by atoms with Crippen LogP contribution in [0.2, 0.25) is 0 Å². The van der Waals surface area contributed by atoms with Crippen LogP contribution < -0.4 is 10.1 Å². The molecule has 1 aromatic heterocycles. The molecule has 1 aliphatic heterocycles. The second-order valence-corrected chi connectivity index (χ2v) is 6.41. The smallest absolute Gasteiger partial charge is 0.122 e. The number of aryl methyl sites for hydroxylation is 1. The summed E-state index contributed by atoms with van der Waals surface area (Å²) < 4.78 is 5.76. The van der Waals surface area contributed by atoms with E-state index in [1.165, 1.54) is 22.3 Å². The van der Waals surface area contributed by atoms with Gasteiger partial charge in [0.2, 0.25) is 0 Å². The SMILES string of the molecule is c1ccc([C@H](NCc2cccnc2)c2ccc3c(c2)CCCO3)cc1. The van der Waals surface area contributed by atoms with E-state index >= 15 is 0 Å². The van der Waals surface area contributed by atoms with Crippen LogP contribution in [-0.4, -0.2) is 11.6 Å². The Morgan fingerprint density at radius 2 is 1.92 bits per heavy atom. The molecule has 1 atom stereocenters. The first-order valence-electron chi connectivity index (χ1n) is 8.83. The number of ether oxygens (including phenoxy) is 1. The summed E-state index contributed by atoms with van der Waals surface area (Å²) in [5.74, 6) is 1.04. The maximum Gasteiger partial charge on any atom is 0.122 e. The van der Waals surface area contributed by atoms with Crippen LogP contribution >= 0.6 is 0 Å². The minimum absolute atomic E-state index is 0.147. The minimum Gasteiger partial charge on any atom is -0.493 e. The predicted molar refractivity (Wildman–Crippen MR) is 99.6 cm³/mol. The first-order chi connectivity index (χ1) is 12.4. The zero-order chi connectivity index (χ0) is 16.9. The molecule has 25 heavy (non-hydrogen) atoms. The summed E-state index contributed by atoms with van der Waals surface area (Å²) in [7, 11) is 0. The lowest BCUT2D eigenvalue weighted by Gasteiger charge is -2.23. The molecule has 0 radical (unpaired) electrons. The highest BCUT2D eigenvalue weighted by Crippen LogP contribution is 2.30. The highest BCUT2D eigenvalue weighted by molar-refractivity contribution is 5.42. The molecule has 0 fully saturated rings. The van der Waals surface area contributed by atoms with Crippen molar-refractivity contribution in [3.05, 3.63) is 95.3 Å². The lowest BCUT2D eigenvalue weighted by atomic mass is 9.94. The fourth-order valence-corrected chi connectivity index (χ4v) is 3.36. The molecule has 0 aliphatic carbocycles. The van der Waals surface area contributed by atoms with E-state index in [-0.39, 0.29) is 6.04 Å². The molecule has 0 spiro atoms. The molecular formula is C22H22N2O. The molecule has 3 nitrogen and oxygen atoms in total. The number of pyridine rings is 1. The van der Waals surface area contributed by atoms with E-state index in [4.69, 9.17) is 4.74 Å². The van der Waals surface area contributed by atoms with Gasteiger partial charge in [0, 0.05) is 18.9 Å². The summed E-state index contributed by atoms with van der Waals surface area (Å²) in [5.41, 5.74) is 5.04. The van der Waals surface area contributed by atoms with E-state index in [1.807, 2.05) is 18.5 Å². The van der Waals surface area contributed by atoms with Gasteiger partial charge in [-0.2, -0.15) is 0 Å². The Hall–Kier alpha value is -2.65. The zero-order valence-electron chi connectivity index (χ0n) is 14.2. The summed E-state index contributed by atoms with van der Waals surface area (Å²) in [6.07, 6.45) is 5.90. The van der Waals surface area contributed by atoms with Crippen LogP contribution in [0.15, 0.2) is 73.1 Å². The monoisotopic (exact) mass is 330 g/mol. The van der Waals surface area contributed by atoms with Gasteiger partial charge in [0.15, 0.2) is 0 Å². The van der Waals surface area contributed by atoms with Crippen LogP contribution in [0, 0.1) is 0 Å². The lowest BCUT2D eigenvalue weighted by molar-refractivity contribution is 0.288. The van der Waals surface area contributed by atoms with Crippen molar-refractivity contribution in [2.45, 2.75) is 25.4 Å². The van der Waals surface area contributed by atoms with Crippen molar-refractivity contribution in [1.82, 2.24) is 10.3 Å². The summed E-state index contributed by atoms with van der Waals surface area (Å²) in [4.78, 5) is 4.21. The Morgan fingerprint density at radius 1 is 1.00 bits per heavy atom. The molecule has 0 bridgehead atoms. The molecule has 1 aliphatic rings. The van der Waals surface area contributed by atoms with Gasteiger partial charge >= 0.3 is 0 Å². The molecule has 0 saturated heterocycles. The Morgan fingerprint density at radius 3 is 2.76 bits per heavy atom. The van der Waals surface area contributed by atoms with Gasteiger partial charge in [0.05, 0.1) is 12.6 Å². The molecule has 1 N–H and O–H groups in total. The van der Waals surface area contributed by atoms with Crippen LogP contribution in [0.25, 0.3) is 0 Å². The standard InChI is InChI=1S/C22H22N2O/c1-2-7-18(8-3-1)22(24-16-17-6-4-12-23-15-17)20-10-11-21-19(14-20)9-5-13-25-21/h1-4,6-8,10-12,14-15,22,24H,5,9,13,16H2/t22-/m0/s1. The molecule has 0 saturated carbocycles. The van der Waals surface area contributed by atoms with Gasteiger partial charge in [-0.05, 0) is 47.2 Å². The second kappa shape index (κ2) is 7.49. The molecule has 3 heteroatoms. The van der Waals surface area contributed by atoms with Crippen molar-refractivity contribution < 1.29 is 4.74 Å². The van der Waals surface area contributed by atoms with E-state index in [0.717, 1.165) is 31.7 Å². The third-order valence-corrected chi connectivity index (χ3v) is 4.63. The number of fused-ring (bicyclic) bond motifs is 1. The van der Waals surface area contributed by atoms with E-state index in [0.29, 0.717) is 0 Å². The summed E-state index contributed by atoms with van der Waals surface area (Å²) >= 11 is 0. The molecule has 2 aromatic carbocycles. The fourth-order valence-electron chi connectivity index (χ4n) is 3.36. The van der Waals surface area contributed by atoms with E-state index in [2.05, 4.69) is 64.9 Å². The van der Waals surface area contributed by atoms with E-state index in [1.54, 1.807) is 0 Å². The average molecular weight is 330 g/mol. The van der Waals surface area contributed by atoms with Gasteiger partial charge in [-0.15, -0.1) is 0 Å².